The van der Waals surface area contributed by atoms with Crippen molar-refractivity contribution in [3.05, 3.63) is 0 Å². The molecule has 2 rings (SSSR count). The highest BCUT2D eigenvalue weighted by molar-refractivity contribution is 7.80. The lowest BCUT2D eigenvalue weighted by atomic mass is 9.80. The van der Waals surface area contributed by atoms with Gasteiger partial charge in [0, 0.05) is 5.92 Å². The van der Waals surface area contributed by atoms with Gasteiger partial charge in [-0.1, -0.05) is 6.92 Å². The lowest BCUT2D eigenvalue weighted by molar-refractivity contribution is -0.0297. The second-order valence-electron chi connectivity index (χ2n) is 4.14. The van der Waals surface area contributed by atoms with Gasteiger partial charge in [-0.3, -0.25) is 0 Å². The summed E-state index contributed by atoms with van der Waals surface area (Å²) in [5.41, 5.74) is -0.816. The minimum absolute atomic E-state index is 0.0545. The zero-order valence-corrected chi connectivity index (χ0v) is 8.45. The monoisotopic (exact) mass is 206 g/mol. The van der Waals surface area contributed by atoms with E-state index in [4.69, 9.17) is 9.29 Å². The summed E-state index contributed by atoms with van der Waals surface area (Å²) in [6, 6.07) is 0. The topological polar surface area (TPSA) is 66.8 Å². The van der Waals surface area contributed by atoms with Gasteiger partial charge >= 0.3 is 0 Å². The second-order valence-corrected chi connectivity index (χ2v) is 5.27. The van der Waals surface area contributed by atoms with E-state index < -0.39 is 28.0 Å². The van der Waals surface area contributed by atoms with E-state index in [2.05, 4.69) is 0 Å². The van der Waals surface area contributed by atoms with E-state index in [9.17, 15) is 9.32 Å². The molecular formula is C8H14O4S. The Bertz CT molecular complexity index is 257. The van der Waals surface area contributed by atoms with Gasteiger partial charge in [-0.05, 0) is 13.3 Å². The third-order valence-corrected chi connectivity index (χ3v) is 4.55. The van der Waals surface area contributed by atoms with Crippen LogP contribution in [0.25, 0.3) is 0 Å². The maximum Gasteiger partial charge on any atom is 0.159 e. The molecule has 5 heteroatoms. The molecule has 0 amide bonds. The summed E-state index contributed by atoms with van der Waals surface area (Å²) < 4.78 is 25.5. The van der Waals surface area contributed by atoms with Crippen LogP contribution in [0.3, 0.4) is 0 Å². The van der Waals surface area contributed by atoms with Crippen LogP contribution in [0.2, 0.25) is 0 Å². The lowest BCUT2D eigenvalue weighted by Gasteiger charge is -2.32. The zero-order valence-electron chi connectivity index (χ0n) is 7.64. The smallest absolute Gasteiger partial charge is 0.159 e. The fourth-order valence-corrected chi connectivity index (χ4v) is 3.43. The number of fused-ring (bicyclic) bond motifs is 2. The molecule has 0 radical (unpaired) electrons. The van der Waals surface area contributed by atoms with Crippen molar-refractivity contribution < 1.29 is 18.6 Å². The molecular weight excluding hydrogens is 192 g/mol. The van der Waals surface area contributed by atoms with Crippen molar-refractivity contribution in [2.45, 2.75) is 43.3 Å². The highest BCUT2D eigenvalue weighted by atomic mass is 32.2. The quantitative estimate of drug-likeness (QED) is 0.599. The van der Waals surface area contributed by atoms with E-state index in [1.807, 2.05) is 6.92 Å². The fourth-order valence-electron chi connectivity index (χ4n) is 2.49. The first-order valence-corrected chi connectivity index (χ1v) is 5.59. The zero-order chi connectivity index (χ0) is 9.80. The number of aliphatic hydroxyl groups excluding tert-OH is 1. The van der Waals surface area contributed by atoms with Gasteiger partial charge in [0.2, 0.25) is 0 Å². The molecule has 2 bridgehead atoms. The van der Waals surface area contributed by atoms with Crippen molar-refractivity contribution >= 4 is 11.1 Å². The van der Waals surface area contributed by atoms with Crippen LogP contribution in [-0.4, -0.2) is 36.9 Å². The first kappa shape index (κ1) is 9.58. The fraction of sp³-hybridized carbons (Fsp3) is 1.00. The molecule has 2 aliphatic heterocycles. The first-order valence-electron chi connectivity index (χ1n) is 4.42. The third kappa shape index (κ3) is 1.11. The summed E-state index contributed by atoms with van der Waals surface area (Å²) in [6.07, 6.45) is -0.0915. The van der Waals surface area contributed by atoms with E-state index >= 15 is 0 Å². The van der Waals surface area contributed by atoms with Gasteiger partial charge in [0.25, 0.3) is 0 Å². The molecule has 76 valence electrons. The molecule has 0 aromatic carbocycles. The molecule has 0 aromatic heterocycles. The highest BCUT2D eigenvalue weighted by Crippen LogP contribution is 2.48. The molecule has 2 saturated heterocycles. The molecule has 6 unspecified atom stereocenters. The van der Waals surface area contributed by atoms with E-state index in [1.54, 1.807) is 6.92 Å². The Hall–Kier alpha value is 0.0300. The van der Waals surface area contributed by atoms with Crippen molar-refractivity contribution in [1.29, 1.82) is 0 Å². The number of hydrogen-bond acceptors (Lipinski definition) is 3. The van der Waals surface area contributed by atoms with E-state index in [-0.39, 0.29) is 12.0 Å². The van der Waals surface area contributed by atoms with Crippen LogP contribution in [0.15, 0.2) is 0 Å². The predicted molar refractivity (Wildman–Crippen MR) is 47.6 cm³/mol. The Kier molecular flexibility index (Phi) is 2.03. The van der Waals surface area contributed by atoms with Gasteiger partial charge in [0.05, 0.1) is 17.5 Å². The molecule has 0 aliphatic carbocycles. The summed E-state index contributed by atoms with van der Waals surface area (Å²) >= 11 is -1.90. The molecule has 4 nitrogen and oxygen atoms in total. The Balaban J connectivity index is 2.29. The Morgan fingerprint density at radius 1 is 1.62 bits per heavy atom. The Labute approximate surface area is 79.6 Å². The summed E-state index contributed by atoms with van der Waals surface area (Å²) in [5, 5.41) is 9.35. The molecule has 2 heterocycles. The average Bonchev–Trinajstić information content (AvgIpc) is 2.49. The first-order chi connectivity index (χ1) is 5.97. The number of ether oxygens (including phenoxy) is 1. The minimum atomic E-state index is -1.90. The average molecular weight is 206 g/mol. The van der Waals surface area contributed by atoms with Crippen LogP contribution in [0.1, 0.15) is 20.3 Å². The van der Waals surface area contributed by atoms with Crippen LogP contribution in [-0.2, 0) is 15.8 Å². The van der Waals surface area contributed by atoms with Gasteiger partial charge in [0.1, 0.15) is 5.60 Å². The van der Waals surface area contributed by atoms with Crippen molar-refractivity contribution in [1.82, 2.24) is 0 Å². The van der Waals surface area contributed by atoms with Gasteiger partial charge in [-0.2, -0.15) is 0 Å². The summed E-state index contributed by atoms with van der Waals surface area (Å²) in [5.74, 6) is 0.0739. The Morgan fingerprint density at radius 3 is 2.62 bits per heavy atom. The van der Waals surface area contributed by atoms with Gasteiger partial charge in [-0.25, -0.2) is 4.21 Å². The summed E-state index contributed by atoms with van der Waals surface area (Å²) in [6.45, 7) is 3.64. The number of rotatable bonds is 1. The minimum Gasteiger partial charge on any atom is -0.390 e. The lowest BCUT2D eigenvalue weighted by Crippen LogP contribution is -2.50. The van der Waals surface area contributed by atoms with Crippen LogP contribution in [0.4, 0.5) is 0 Å². The van der Waals surface area contributed by atoms with E-state index in [0.29, 0.717) is 6.42 Å². The SMILES string of the molecule is CC1C2CC(S(=O)O)C(C)(O2)C1O. The Morgan fingerprint density at radius 2 is 2.23 bits per heavy atom. The summed E-state index contributed by atoms with van der Waals surface area (Å²) in [4.78, 5) is 0. The number of aliphatic hydroxyl groups is 1. The molecule has 6 atom stereocenters. The summed E-state index contributed by atoms with van der Waals surface area (Å²) in [7, 11) is 0. The standard InChI is InChI=1S/C8H14O4S/c1-4-5-3-6(13(10)11)8(2,12-5)7(4)9/h4-7,9H,3H2,1-2H3,(H,10,11). The van der Waals surface area contributed by atoms with Gasteiger partial charge in [0.15, 0.2) is 11.1 Å². The largest absolute Gasteiger partial charge is 0.390 e. The van der Waals surface area contributed by atoms with Gasteiger partial charge in [-0.15, -0.1) is 0 Å². The molecule has 0 saturated carbocycles. The van der Waals surface area contributed by atoms with Crippen LogP contribution in [0.5, 0.6) is 0 Å². The van der Waals surface area contributed by atoms with E-state index in [0.717, 1.165) is 0 Å². The van der Waals surface area contributed by atoms with Crippen molar-refractivity contribution in [2.75, 3.05) is 0 Å². The van der Waals surface area contributed by atoms with Crippen molar-refractivity contribution in [3.8, 4) is 0 Å². The van der Waals surface area contributed by atoms with Crippen LogP contribution < -0.4 is 0 Å². The molecule has 2 aliphatic rings. The molecule has 13 heavy (non-hydrogen) atoms. The molecule has 0 aromatic rings. The van der Waals surface area contributed by atoms with E-state index in [1.165, 1.54) is 0 Å². The normalized spacial score (nSPS) is 56.9. The second kappa shape index (κ2) is 2.76. The van der Waals surface area contributed by atoms with Crippen LogP contribution in [0, 0.1) is 5.92 Å². The molecule has 2 fully saturated rings. The molecule has 0 spiro atoms. The van der Waals surface area contributed by atoms with Crippen molar-refractivity contribution in [3.63, 3.8) is 0 Å². The maximum atomic E-state index is 11.0. The maximum absolute atomic E-state index is 11.0. The van der Waals surface area contributed by atoms with Crippen molar-refractivity contribution in [2.24, 2.45) is 5.92 Å². The van der Waals surface area contributed by atoms with Gasteiger partial charge < -0.3 is 14.4 Å². The third-order valence-electron chi connectivity index (χ3n) is 3.41. The van der Waals surface area contributed by atoms with Crippen LogP contribution >= 0.6 is 0 Å². The molecule has 2 N–H and O–H groups in total. The highest BCUT2D eigenvalue weighted by Gasteiger charge is 2.62. The number of hydrogen-bond donors (Lipinski definition) is 2. The predicted octanol–water partition coefficient (Wildman–Crippen LogP) is 0.135.